The molecule has 0 bridgehead atoms. The van der Waals surface area contributed by atoms with Crippen LogP contribution in [0.4, 0.5) is 0 Å². The van der Waals surface area contributed by atoms with Crippen LogP contribution in [0.1, 0.15) is 27.7 Å². The third-order valence-electron chi connectivity index (χ3n) is 24.3. The van der Waals surface area contributed by atoms with Gasteiger partial charge in [-0.25, -0.2) is 0 Å². The van der Waals surface area contributed by atoms with E-state index in [0.29, 0.717) is 11.5 Å². The molecule has 26 heteroatoms. The average Bonchev–Trinajstić information content (AvgIpc) is 0.689. The fourth-order valence-electron chi connectivity index (χ4n) is 19.0. The summed E-state index contributed by atoms with van der Waals surface area (Å²) in [4.78, 5) is 38.5. The van der Waals surface area contributed by atoms with Crippen molar-refractivity contribution in [2.24, 2.45) is 0 Å². The number of aliphatic hydroxyl groups excluding tert-OH is 2. The van der Waals surface area contributed by atoms with Crippen LogP contribution in [0.3, 0.4) is 0 Å². The van der Waals surface area contributed by atoms with Crippen molar-refractivity contribution in [3.05, 3.63) is 364 Å². The van der Waals surface area contributed by atoms with Gasteiger partial charge in [-0.15, -0.1) is 21.5 Å². The molecule has 16 nitrogen and oxygen atoms in total. The minimum atomic E-state index is -2.35. The first-order valence-electron chi connectivity index (χ1n) is 42.7. The van der Waals surface area contributed by atoms with Gasteiger partial charge in [0.05, 0.1) is 46.0 Å². The molecule has 0 amide bonds. The van der Waals surface area contributed by atoms with Crippen LogP contribution in [0.15, 0.2) is 340 Å². The molecular formula is C110H68B2Ir4N4O12P2S2-4. The Morgan fingerprint density at radius 2 is 0.529 bits per heavy atom. The molecule has 2 unspecified atom stereocenters. The topological polar surface area (TPSA) is 200 Å². The van der Waals surface area contributed by atoms with E-state index in [1.807, 2.05) is 158 Å². The molecule has 4 radical (unpaired) electrons. The van der Waals surface area contributed by atoms with Crippen molar-refractivity contribution in [1.82, 2.24) is 19.9 Å². The number of rotatable bonds is 2. The zero-order valence-electron chi connectivity index (χ0n) is 72.1. The molecule has 4 aromatic heterocycles. The van der Waals surface area contributed by atoms with Gasteiger partial charge in [-0.1, -0.05) is 299 Å². The van der Waals surface area contributed by atoms with Gasteiger partial charge >= 0.3 is 0 Å². The Labute approximate surface area is 845 Å². The summed E-state index contributed by atoms with van der Waals surface area (Å²) in [5.74, 6) is 12.7. The molecule has 668 valence electrons. The number of aliphatic hydroxyl groups is 2. The fourth-order valence-corrected chi connectivity index (χ4v) is 27.8. The van der Waals surface area contributed by atoms with Gasteiger partial charge in [0, 0.05) is 162 Å². The number of para-hydroxylation sites is 8. The number of hydrogen-bond acceptors (Lipinski definition) is 18. The zero-order valence-corrected chi connectivity index (χ0v) is 85.1. The van der Waals surface area contributed by atoms with Gasteiger partial charge in [0.15, 0.2) is 11.6 Å². The molecule has 16 aromatic carbocycles. The number of carbonyl (C=O) groups is 2. The molecule has 8 aliphatic rings. The Balaban J connectivity index is 0.000000110. The molecule has 0 saturated heterocycles. The fraction of sp³-hybridized carbons (Fsp3) is 0.0364. The Hall–Kier alpha value is -13.0. The molecule has 0 fully saturated rings. The second kappa shape index (κ2) is 37.3. The Morgan fingerprint density at radius 3 is 0.809 bits per heavy atom. The van der Waals surface area contributed by atoms with Crippen molar-refractivity contribution >= 4 is 212 Å². The first-order chi connectivity index (χ1) is 64.5. The summed E-state index contributed by atoms with van der Waals surface area (Å²) < 4.78 is 51.3. The van der Waals surface area contributed by atoms with Gasteiger partial charge in [-0.05, 0) is 177 Å². The van der Waals surface area contributed by atoms with Crippen molar-refractivity contribution in [2.75, 3.05) is 0 Å². The molecule has 12 heterocycles. The van der Waals surface area contributed by atoms with E-state index in [0.717, 1.165) is 232 Å². The normalized spacial score (nSPS) is 14.9. The van der Waals surface area contributed by atoms with E-state index in [4.69, 9.17) is 71.7 Å². The van der Waals surface area contributed by atoms with Crippen LogP contribution in [0, 0.1) is 24.3 Å². The van der Waals surface area contributed by atoms with E-state index in [1.54, 1.807) is 12.4 Å². The first-order valence-corrected chi connectivity index (χ1v) is 48.3. The van der Waals surface area contributed by atoms with Gasteiger partial charge in [-0.3, -0.25) is 9.59 Å². The quantitative estimate of drug-likeness (QED) is 0.0413. The third kappa shape index (κ3) is 15.5. The smallest absolute Gasteiger partial charge is 0.208 e. The summed E-state index contributed by atoms with van der Waals surface area (Å²) in [5, 5.41) is 34.8. The molecule has 0 spiro atoms. The molecular weight excluding hydrogens is 2490 g/mol. The first kappa shape index (κ1) is 92.1. The number of pyridine rings is 4. The molecule has 20 aromatic rings. The number of fused-ring (bicyclic) bond motifs is 32. The molecule has 0 saturated carbocycles. The molecule has 2 atom stereocenters. The number of nitrogens with zero attached hydrogens (tertiary/aromatic N) is 4. The van der Waals surface area contributed by atoms with E-state index in [-0.39, 0.29) is 117 Å². The maximum absolute atomic E-state index is 10.0. The summed E-state index contributed by atoms with van der Waals surface area (Å²) in [6.45, 7) is 5.83. The van der Waals surface area contributed by atoms with Crippen LogP contribution in [0.25, 0.3) is 86.7 Å². The van der Waals surface area contributed by atoms with E-state index in [1.165, 1.54) is 39.8 Å². The molecule has 2 N–H and O–H groups in total. The van der Waals surface area contributed by atoms with E-state index >= 15 is 0 Å². The number of aromatic nitrogens is 4. The summed E-state index contributed by atoms with van der Waals surface area (Å²) >= 11 is 13.1. The summed E-state index contributed by atoms with van der Waals surface area (Å²) in [5.41, 5.74) is 10.3. The number of ether oxygens (including phenoxy) is 8. The number of benzene rings is 16. The number of hydrogen-bond donors (Lipinski definition) is 2. The summed E-state index contributed by atoms with van der Waals surface area (Å²) in [6.07, 6.45) is 9.57. The van der Waals surface area contributed by atoms with Crippen LogP contribution in [-0.4, -0.2) is 55.1 Å². The Kier molecular flexibility index (Phi) is 25.2. The number of allylic oxidation sites excluding steroid dienone is 4. The van der Waals surface area contributed by atoms with Crippen molar-refractivity contribution in [3.63, 3.8) is 0 Å². The maximum atomic E-state index is 10.0. The van der Waals surface area contributed by atoms with Gasteiger partial charge in [0.2, 0.25) is 13.4 Å². The Bertz CT molecular complexity index is 8060. The second-order valence-electron chi connectivity index (χ2n) is 32.6. The van der Waals surface area contributed by atoms with Gasteiger partial charge < -0.3 is 68.0 Å². The van der Waals surface area contributed by atoms with Crippen LogP contribution >= 0.6 is 12.1 Å². The number of ketones is 2. The van der Waals surface area contributed by atoms with Crippen molar-refractivity contribution in [3.8, 4) is 92.0 Å². The van der Waals surface area contributed by atoms with Crippen molar-refractivity contribution in [2.45, 2.75) is 27.7 Å². The standard InChI is InChI=1S/2C25H13BNO2.2C25H13NO2PS.2C5H8O2.4Ir/c2*1-3-9-20-18(7-1)26-19-8-2-4-10-21(19)29-25-16-12-11-15-6-5-13-27-24(15)17(16)14-22(28-20)23(25)26;2*30-29-21-9-3-1-7-18(21)27-20-14-17-16(12-11-15-6-5-13-26-23(15)17)24(25(20)29)28-19-8-2-4-10-22(19)29;2*1-4(6)3-5(2)7;;;;/h2*1-13H;2*1-13H;2*3,6H,1-2H3;;;;/q4*-1;;;;;;. The third-order valence-corrected chi connectivity index (χ3v) is 34.1. The molecule has 8 aliphatic heterocycles. The largest absolute Gasteiger partial charge is 0.512 e. The van der Waals surface area contributed by atoms with Crippen molar-refractivity contribution < 1.29 is 138 Å². The van der Waals surface area contributed by atoms with Gasteiger partial charge in [0.25, 0.3) is 0 Å². The van der Waals surface area contributed by atoms with E-state index in [9.17, 15) is 9.59 Å². The average molecular weight is 2550 g/mol. The van der Waals surface area contributed by atoms with Crippen LogP contribution in [0.2, 0.25) is 0 Å². The molecule has 136 heavy (non-hydrogen) atoms. The Morgan fingerprint density at radius 1 is 0.294 bits per heavy atom. The van der Waals surface area contributed by atoms with Crippen LogP contribution < -0.4 is 102 Å². The van der Waals surface area contributed by atoms with Gasteiger partial charge in [0.1, 0.15) is 46.0 Å². The summed E-state index contributed by atoms with van der Waals surface area (Å²) in [6, 6.07) is 108. The van der Waals surface area contributed by atoms with Gasteiger partial charge in [-0.2, -0.15) is 0 Å². The minimum Gasteiger partial charge on any atom is -0.512 e. The summed E-state index contributed by atoms with van der Waals surface area (Å²) in [7, 11) is 0. The van der Waals surface area contributed by atoms with Crippen LogP contribution in [-0.2, 0) is 114 Å². The minimum absolute atomic E-state index is 0. The zero-order chi connectivity index (χ0) is 89.4. The second-order valence-corrected chi connectivity index (χ2v) is 41.2. The SMILES string of the molecule is CC(=O)C=C(C)O.CC(=O)C=C(C)O.S=P12c3ccccc3Oc3[c-]c4c(ccc5cccnc54)c(c31)Oc1ccccc12.S=P12c3ccccc3Oc3[c-]c4c(ccc5cccnc54)c(c31)Oc1ccccc12.[Ir].[Ir].[Ir].[Ir].[c-]1c2c3c(c4ccc5cccnc5c14)Oc1ccccc1B3c1ccccc1O2.[c-]1c2c3c(c4ccc5cccnc5c14)Oc1ccccc1B3c1ccccc1O2. The molecule has 0 aliphatic carbocycles. The van der Waals surface area contributed by atoms with Crippen molar-refractivity contribution in [1.29, 1.82) is 0 Å². The predicted octanol–water partition coefficient (Wildman–Crippen LogP) is 20.2. The number of carbonyl (C=O) groups excluding carboxylic acids is 2. The predicted molar refractivity (Wildman–Crippen MR) is 534 cm³/mol. The monoisotopic (exact) mass is 2560 g/mol. The van der Waals surface area contributed by atoms with Crippen LogP contribution in [0.5, 0.6) is 92.0 Å². The van der Waals surface area contributed by atoms with E-state index in [2.05, 4.69) is 190 Å². The molecule has 28 rings (SSSR count). The maximum Gasteiger partial charge on any atom is 0.208 e. The van der Waals surface area contributed by atoms with E-state index < -0.39 is 12.1 Å².